The second-order valence-electron chi connectivity index (χ2n) is 20.0. The maximum absolute atomic E-state index is 9.51. The molecule has 6 heteroatoms. The number of hydrogen-bond donors (Lipinski definition) is 0. The Morgan fingerprint density at radius 2 is 1.15 bits per heavy atom. The van der Waals surface area contributed by atoms with Crippen molar-refractivity contribution in [3.63, 3.8) is 0 Å². The van der Waals surface area contributed by atoms with Gasteiger partial charge in [-0.2, -0.15) is 18.2 Å². The minimum atomic E-state index is -2.83. The van der Waals surface area contributed by atoms with Crippen molar-refractivity contribution in [3.05, 3.63) is 247 Å². The number of aromatic nitrogens is 4. The summed E-state index contributed by atoms with van der Waals surface area (Å²) in [6, 6.07) is 32.3. The van der Waals surface area contributed by atoms with E-state index in [1.165, 1.54) is 18.3 Å². The SMILES string of the molecule is [2H]c1c([2H])c([2H])c(-c2cc(-c3cc(C(C)(C)C)cc(C(C)(C)C)c3)c(-[n+]3[c-]n(-c4[c-]c(Oc5[c-]c6c(cc5)c5ccccc5n6-c5cc(C([2H])([2H])[2H])c(-c6c([2H])c([2H])c([2H])c([2H])c6[2H])cn5)ccc4)c4ccccc43)c(-c3c([2H])c([2H])c([2H])c([2H])c3[2H])c2)c([2H])c1[2H].[Pt]. The molecule has 0 fully saturated rings. The smallest absolute Gasteiger partial charge is 0.268 e. The molecule has 370 valence electrons. The van der Waals surface area contributed by atoms with E-state index in [1.807, 2.05) is 66.7 Å². The zero-order valence-corrected chi connectivity index (χ0v) is 43.8. The Morgan fingerprint density at radius 1 is 0.547 bits per heavy atom. The first-order valence-electron chi connectivity index (χ1n) is 33.0. The third-order valence-electron chi connectivity index (χ3n) is 13.1. The molecule has 3 heterocycles. The molecule has 0 aliphatic carbocycles. The number of hydrogen-bond acceptors (Lipinski definition) is 2. The van der Waals surface area contributed by atoms with Crippen LogP contribution in [0.1, 0.15) is 82.9 Å². The van der Waals surface area contributed by atoms with Gasteiger partial charge in [0.1, 0.15) is 5.82 Å². The van der Waals surface area contributed by atoms with Crippen molar-refractivity contribution in [2.45, 2.75) is 59.2 Å². The van der Waals surface area contributed by atoms with Crippen LogP contribution in [0.3, 0.4) is 0 Å². The molecule has 5 nitrogen and oxygen atoms in total. The van der Waals surface area contributed by atoms with Crippen molar-refractivity contribution in [1.82, 2.24) is 14.1 Å². The van der Waals surface area contributed by atoms with Gasteiger partial charge in [0.2, 0.25) is 0 Å². The number of imidazole rings is 1. The molecule has 75 heavy (non-hydrogen) atoms. The van der Waals surface area contributed by atoms with E-state index >= 15 is 0 Å². The zero-order valence-electron chi connectivity index (χ0n) is 59.6. The standard InChI is InChI=1S/C69H56N4O.Pt/c1-46-36-66(70-44-61(46)49-26-15-10-16-27-49)73-62-31-18-17-30-57(62)58-35-34-56(43-65(58)73)74-55-29-21-28-54(42-55)71-45-72(64-33-20-19-32-63(64)71)67-59(48-24-13-9-14-25-48)39-50(47-22-11-8-12-23-47)40-60(67)51-37-52(68(2,3)4)41-53(38-51)69(5,6)7;/h8-41,44H,1-7H3;/q-2;/i1D3,8D,9D,10D,11D,12D,13D,14D,15D,16D,22D,23D,24D,25D,26D,27D;. The summed E-state index contributed by atoms with van der Waals surface area (Å²) in [6.07, 6.45) is 4.76. The molecular formula is C69H56N4OPt-2. The third-order valence-corrected chi connectivity index (χ3v) is 13.1. The Labute approximate surface area is 479 Å². The number of ether oxygens (including phenoxy) is 1. The van der Waals surface area contributed by atoms with Gasteiger partial charge >= 0.3 is 0 Å². The van der Waals surface area contributed by atoms with Crippen molar-refractivity contribution >= 4 is 32.8 Å². The van der Waals surface area contributed by atoms with Crippen LogP contribution in [0.2, 0.25) is 0 Å². The van der Waals surface area contributed by atoms with Crippen molar-refractivity contribution in [2.75, 3.05) is 0 Å². The molecule has 9 aromatic carbocycles. The summed E-state index contributed by atoms with van der Waals surface area (Å²) in [5, 5.41) is 1.48. The van der Waals surface area contributed by atoms with E-state index in [9.17, 15) is 5.48 Å². The summed E-state index contributed by atoms with van der Waals surface area (Å²) in [6.45, 7) is 9.66. The molecule has 3 aromatic heterocycles. The van der Waals surface area contributed by atoms with Gasteiger partial charge in [-0.05, 0) is 109 Å². The fourth-order valence-corrected chi connectivity index (χ4v) is 9.33. The Bertz CT molecular complexity index is 5000. The van der Waals surface area contributed by atoms with Crippen LogP contribution in [0.25, 0.3) is 94.5 Å². The van der Waals surface area contributed by atoms with E-state index in [2.05, 4.69) is 66.1 Å². The molecule has 0 amide bonds. The molecule has 0 saturated heterocycles. The number of benzene rings is 9. The van der Waals surface area contributed by atoms with Crippen LogP contribution in [0.15, 0.2) is 212 Å². The van der Waals surface area contributed by atoms with E-state index in [0.29, 0.717) is 44.3 Å². The molecule has 0 N–H and O–H groups in total. The second kappa shape index (κ2) is 19.6. The Balaban J connectivity index is 0.00000884. The largest absolute Gasteiger partial charge is 0.510 e. The summed E-state index contributed by atoms with van der Waals surface area (Å²) < 4.78 is 170. The number of rotatable bonds is 9. The van der Waals surface area contributed by atoms with Gasteiger partial charge in [-0.25, -0.2) is 4.98 Å². The van der Waals surface area contributed by atoms with Crippen molar-refractivity contribution in [3.8, 4) is 73.2 Å². The topological polar surface area (TPSA) is 35.9 Å². The quantitative estimate of drug-likeness (QED) is 0.107. The zero-order chi connectivity index (χ0) is 66.3. The molecule has 0 bridgehead atoms. The summed E-state index contributed by atoms with van der Waals surface area (Å²) in [7, 11) is 0. The van der Waals surface area contributed by atoms with Crippen LogP contribution in [0.4, 0.5) is 0 Å². The van der Waals surface area contributed by atoms with Gasteiger partial charge in [0, 0.05) is 54.0 Å². The van der Waals surface area contributed by atoms with E-state index in [1.54, 1.807) is 44.0 Å². The van der Waals surface area contributed by atoms with Gasteiger partial charge < -0.3 is 13.9 Å². The first kappa shape index (κ1) is 32.3. The number of para-hydroxylation sites is 3. The number of aryl methyl sites for hydroxylation is 1. The normalized spacial score (nSPS) is 15.4. The predicted molar refractivity (Wildman–Crippen MR) is 304 cm³/mol. The van der Waals surface area contributed by atoms with Crippen molar-refractivity contribution in [2.24, 2.45) is 0 Å². The van der Waals surface area contributed by atoms with Gasteiger partial charge in [-0.3, -0.25) is 4.57 Å². The van der Waals surface area contributed by atoms with Crippen LogP contribution in [0, 0.1) is 25.3 Å². The fraction of sp³-hybridized carbons (Fsp3) is 0.130. The van der Waals surface area contributed by atoms with Gasteiger partial charge in [-0.15, -0.1) is 29.7 Å². The number of fused-ring (bicyclic) bond motifs is 4. The van der Waals surface area contributed by atoms with E-state index in [-0.39, 0.29) is 83.0 Å². The number of nitrogens with zero attached hydrogens (tertiary/aromatic N) is 4. The van der Waals surface area contributed by atoms with E-state index < -0.39 is 108 Å². The minimum absolute atomic E-state index is 0. The molecule has 0 radical (unpaired) electrons. The Morgan fingerprint density at radius 3 is 1.81 bits per heavy atom. The number of pyridine rings is 1. The van der Waals surface area contributed by atoms with Crippen molar-refractivity contribution < 1.29 is 55.0 Å². The monoisotopic (exact) mass is 1170 g/mol. The van der Waals surface area contributed by atoms with Gasteiger partial charge in [0.25, 0.3) is 6.33 Å². The van der Waals surface area contributed by atoms with Gasteiger partial charge in [0.15, 0.2) is 0 Å². The fourth-order valence-electron chi connectivity index (χ4n) is 9.33. The summed E-state index contributed by atoms with van der Waals surface area (Å²) >= 11 is 0. The van der Waals surface area contributed by atoms with Crippen LogP contribution < -0.4 is 9.30 Å². The average molecular weight is 1170 g/mol. The summed E-state index contributed by atoms with van der Waals surface area (Å²) in [4.78, 5) is 4.69. The third kappa shape index (κ3) is 9.32. The van der Waals surface area contributed by atoms with Gasteiger partial charge in [0.05, 0.1) is 37.3 Å². The Kier molecular flexibility index (Phi) is 8.44. The minimum Gasteiger partial charge on any atom is -0.510 e. The molecule has 0 spiro atoms. The summed E-state index contributed by atoms with van der Waals surface area (Å²) in [5.74, 6) is 0.584. The van der Waals surface area contributed by atoms with Crippen molar-refractivity contribution in [1.29, 1.82) is 0 Å². The van der Waals surface area contributed by atoms with Crippen LogP contribution in [-0.2, 0) is 31.9 Å². The maximum atomic E-state index is 9.51. The maximum Gasteiger partial charge on any atom is 0.268 e. The molecule has 0 aliphatic heterocycles. The summed E-state index contributed by atoms with van der Waals surface area (Å²) in [5.41, 5.74) is 4.03. The average Bonchev–Trinajstić information content (AvgIpc) is 1.73. The predicted octanol–water partition coefficient (Wildman–Crippen LogP) is 17.2. The van der Waals surface area contributed by atoms with Crippen LogP contribution in [0.5, 0.6) is 11.5 Å². The molecule has 12 aromatic rings. The van der Waals surface area contributed by atoms with Gasteiger partial charge in [-0.1, -0.05) is 198 Å². The molecule has 0 saturated carbocycles. The molecular weight excluding hydrogens is 1100 g/mol. The first-order valence-corrected chi connectivity index (χ1v) is 24.0. The van der Waals surface area contributed by atoms with Crippen LogP contribution >= 0.6 is 0 Å². The molecule has 0 aliphatic rings. The molecule has 0 atom stereocenters. The Hall–Kier alpha value is -8.11. The first-order chi connectivity index (χ1) is 43.3. The van der Waals surface area contributed by atoms with E-state index in [0.717, 1.165) is 16.5 Å². The second-order valence-corrected chi connectivity index (χ2v) is 20.0. The van der Waals surface area contributed by atoms with E-state index in [4.69, 9.17) is 28.9 Å². The van der Waals surface area contributed by atoms with Crippen LogP contribution in [-0.4, -0.2) is 14.1 Å². The molecule has 0 unspecified atom stereocenters. The molecule has 12 rings (SSSR count).